The summed E-state index contributed by atoms with van der Waals surface area (Å²) in [7, 11) is -4.06. The van der Waals surface area contributed by atoms with Gasteiger partial charge in [-0.2, -0.15) is 0 Å². The number of carboxylic acids is 1. The van der Waals surface area contributed by atoms with E-state index in [1.54, 1.807) is 12.1 Å². The maximum absolute atomic E-state index is 11.3. The van der Waals surface area contributed by atoms with E-state index in [1.165, 1.54) is 18.2 Å². The van der Waals surface area contributed by atoms with Gasteiger partial charge in [-0.05, 0) is 29.8 Å². The average Bonchev–Trinajstić information content (AvgIpc) is 2.52. The molecule has 2 aromatic rings. The van der Waals surface area contributed by atoms with Gasteiger partial charge in [-0.1, -0.05) is 12.1 Å². The Hall–Kier alpha value is -2.98. The number of sulfonamides is 1. The van der Waals surface area contributed by atoms with Crippen LogP contribution in [0.4, 0.5) is 11.4 Å². The minimum atomic E-state index is -4.06. The number of nitro groups is 1. The summed E-state index contributed by atoms with van der Waals surface area (Å²) in [5.41, 5.74) is 0.331. The standard InChI is InChI=1S/C14H13N3O6S/c15-24(22,23)11-4-5-12(13(7-11)17(20)21)16-8-9-2-1-3-10(6-9)14(18)19/h1-7,16H,8H2,(H,18,19)(H2,15,22,23). The molecule has 0 heterocycles. The maximum atomic E-state index is 11.3. The van der Waals surface area contributed by atoms with Crippen molar-refractivity contribution >= 4 is 27.4 Å². The third kappa shape index (κ3) is 4.06. The molecule has 0 aliphatic heterocycles. The third-order valence-corrected chi connectivity index (χ3v) is 4.06. The van der Waals surface area contributed by atoms with Gasteiger partial charge in [-0.3, -0.25) is 10.1 Å². The van der Waals surface area contributed by atoms with Crippen LogP contribution in [0.25, 0.3) is 0 Å². The van der Waals surface area contributed by atoms with Crippen LogP contribution >= 0.6 is 0 Å². The van der Waals surface area contributed by atoms with Gasteiger partial charge in [0, 0.05) is 12.6 Å². The molecular formula is C14H13N3O6S. The molecule has 0 saturated carbocycles. The van der Waals surface area contributed by atoms with Crippen LogP contribution in [0.3, 0.4) is 0 Å². The summed E-state index contributed by atoms with van der Waals surface area (Å²) in [4.78, 5) is 20.9. The van der Waals surface area contributed by atoms with Crippen molar-refractivity contribution in [2.75, 3.05) is 5.32 Å². The topological polar surface area (TPSA) is 153 Å². The Morgan fingerprint density at radius 3 is 2.54 bits per heavy atom. The number of carboxylic acid groups (broad SMARTS) is 1. The summed E-state index contributed by atoms with van der Waals surface area (Å²) in [6.07, 6.45) is 0. The van der Waals surface area contributed by atoms with Crippen LogP contribution in [0, 0.1) is 10.1 Å². The molecule has 0 spiro atoms. The lowest BCUT2D eigenvalue weighted by molar-refractivity contribution is -0.384. The lowest BCUT2D eigenvalue weighted by Crippen LogP contribution is -2.13. The second kappa shape index (κ2) is 6.64. The predicted molar refractivity (Wildman–Crippen MR) is 85.2 cm³/mol. The van der Waals surface area contributed by atoms with E-state index in [0.717, 1.165) is 12.1 Å². The van der Waals surface area contributed by atoms with Crippen molar-refractivity contribution in [3.63, 3.8) is 0 Å². The third-order valence-electron chi connectivity index (χ3n) is 3.15. The number of nitro benzene ring substituents is 1. The summed E-state index contributed by atoms with van der Waals surface area (Å²) in [5.74, 6) is -1.08. The molecule has 0 aliphatic rings. The van der Waals surface area contributed by atoms with Crippen molar-refractivity contribution in [3.8, 4) is 0 Å². The molecule has 2 aromatic carbocycles. The zero-order chi connectivity index (χ0) is 17.9. The molecule has 4 N–H and O–H groups in total. The van der Waals surface area contributed by atoms with Gasteiger partial charge in [-0.25, -0.2) is 18.4 Å². The van der Waals surface area contributed by atoms with Crippen LogP contribution in [-0.2, 0) is 16.6 Å². The number of anilines is 1. The number of nitrogens with one attached hydrogen (secondary N) is 1. The Kier molecular flexibility index (Phi) is 4.81. The summed E-state index contributed by atoms with van der Waals surface area (Å²) in [5, 5.41) is 27.8. The normalized spacial score (nSPS) is 11.0. The van der Waals surface area contributed by atoms with Crippen molar-refractivity contribution in [2.24, 2.45) is 5.14 Å². The zero-order valence-electron chi connectivity index (χ0n) is 12.2. The summed E-state index contributed by atoms with van der Waals surface area (Å²) in [6, 6.07) is 9.32. The Bertz CT molecular complexity index is 910. The van der Waals surface area contributed by atoms with Gasteiger partial charge in [0.15, 0.2) is 0 Å². The lowest BCUT2D eigenvalue weighted by atomic mass is 10.1. The first-order valence-electron chi connectivity index (χ1n) is 6.56. The monoisotopic (exact) mass is 351 g/mol. The number of hydrogen-bond acceptors (Lipinski definition) is 6. The fourth-order valence-corrected chi connectivity index (χ4v) is 2.53. The number of hydrogen-bond donors (Lipinski definition) is 3. The Labute approximate surface area is 136 Å². The highest BCUT2D eigenvalue weighted by molar-refractivity contribution is 7.89. The van der Waals surface area contributed by atoms with Gasteiger partial charge in [0.05, 0.1) is 15.4 Å². The van der Waals surface area contributed by atoms with Crippen LogP contribution in [0.15, 0.2) is 47.4 Å². The molecular weight excluding hydrogens is 338 g/mol. The highest BCUT2D eigenvalue weighted by atomic mass is 32.2. The minimum Gasteiger partial charge on any atom is -0.478 e. The van der Waals surface area contributed by atoms with Crippen LogP contribution in [-0.4, -0.2) is 24.4 Å². The van der Waals surface area contributed by atoms with E-state index in [4.69, 9.17) is 10.2 Å². The largest absolute Gasteiger partial charge is 0.478 e. The van der Waals surface area contributed by atoms with Crippen molar-refractivity contribution in [1.29, 1.82) is 0 Å². The molecule has 0 atom stereocenters. The molecule has 0 fully saturated rings. The molecule has 0 aromatic heterocycles. The van der Waals surface area contributed by atoms with E-state index in [0.29, 0.717) is 5.56 Å². The SMILES string of the molecule is NS(=O)(=O)c1ccc(NCc2cccc(C(=O)O)c2)c([N+](=O)[O-])c1. The second-order valence-corrected chi connectivity index (χ2v) is 6.40. The molecule has 10 heteroatoms. The fraction of sp³-hybridized carbons (Fsp3) is 0.0714. The predicted octanol–water partition coefficient (Wildman–Crippen LogP) is 1.55. The minimum absolute atomic E-state index is 0.0909. The highest BCUT2D eigenvalue weighted by Crippen LogP contribution is 2.27. The van der Waals surface area contributed by atoms with E-state index in [1.807, 2.05) is 0 Å². The molecule has 0 amide bonds. The summed E-state index contributed by atoms with van der Waals surface area (Å²) >= 11 is 0. The van der Waals surface area contributed by atoms with Gasteiger partial charge in [0.25, 0.3) is 5.69 Å². The van der Waals surface area contributed by atoms with Crippen LogP contribution < -0.4 is 10.5 Å². The number of nitrogens with zero attached hydrogens (tertiary/aromatic N) is 1. The molecule has 2 rings (SSSR count). The fourth-order valence-electron chi connectivity index (χ4n) is 2.00. The first kappa shape index (κ1) is 17.4. The van der Waals surface area contributed by atoms with Crippen LogP contribution in [0.5, 0.6) is 0 Å². The molecule has 0 aliphatic carbocycles. The number of benzene rings is 2. The first-order chi connectivity index (χ1) is 11.2. The van der Waals surface area contributed by atoms with Crippen LogP contribution in [0.2, 0.25) is 0 Å². The number of rotatable bonds is 6. The van der Waals surface area contributed by atoms with Gasteiger partial charge < -0.3 is 10.4 Å². The smallest absolute Gasteiger partial charge is 0.335 e. The van der Waals surface area contributed by atoms with Gasteiger partial charge >= 0.3 is 5.97 Å². The van der Waals surface area contributed by atoms with Gasteiger partial charge in [0.1, 0.15) is 5.69 Å². The van der Waals surface area contributed by atoms with Crippen LogP contribution in [0.1, 0.15) is 15.9 Å². The summed E-state index contributed by atoms with van der Waals surface area (Å²) < 4.78 is 22.6. The first-order valence-corrected chi connectivity index (χ1v) is 8.10. The van der Waals surface area contributed by atoms with Crippen molar-refractivity contribution in [3.05, 3.63) is 63.7 Å². The van der Waals surface area contributed by atoms with E-state index in [2.05, 4.69) is 5.32 Å². The van der Waals surface area contributed by atoms with E-state index < -0.39 is 26.6 Å². The highest BCUT2D eigenvalue weighted by Gasteiger charge is 2.19. The van der Waals surface area contributed by atoms with E-state index >= 15 is 0 Å². The number of primary sulfonamides is 1. The molecule has 0 radical (unpaired) electrons. The number of carbonyl (C=O) groups is 1. The number of nitrogens with two attached hydrogens (primary N) is 1. The molecule has 0 saturated heterocycles. The van der Waals surface area contributed by atoms with Crippen molar-refractivity contribution < 1.29 is 23.2 Å². The Morgan fingerprint density at radius 1 is 1.25 bits per heavy atom. The Morgan fingerprint density at radius 2 is 1.96 bits per heavy atom. The second-order valence-electron chi connectivity index (χ2n) is 4.84. The molecule has 0 unspecified atom stereocenters. The Balaban J connectivity index is 2.28. The zero-order valence-corrected chi connectivity index (χ0v) is 13.0. The lowest BCUT2D eigenvalue weighted by Gasteiger charge is -2.09. The molecule has 126 valence electrons. The van der Waals surface area contributed by atoms with Crippen molar-refractivity contribution in [2.45, 2.75) is 11.4 Å². The quantitative estimate of drug-likeness (QED) is 0.527. The van der Waals surface area contributed by atoms with E-state index in [9.17, 15) is 23.3 Å². The van der Waals surface area contributed by atoms with E-state index in [-0.39, 0.29) is 22.7 Å². The van der Waals surface area contributed by atoms with Gasteiger partial charge in [-0.15, -0.1) is 0 Å². The molecule has 0 bridgehead atoms. The molecule has 9 nitrogen and oxygen atoms in total. The van der Waals surface area contributed by atoms with Crippen molar-refractivity contribution in [1.82, 2.24) is 0 Å². The number of aromatic carboxylic acids is 1. The maximum Gasteiger partial charge on any atom is 0.335 e. The van der Waals surface area contributed by atoms with Gasteiger partial charge in [0.2, 0.25) is 10.0 Å². The average molecular weight is 351 g/mol. The summed E-state index contributed by atoms with van der Waals surface area (Å²) in [6.45, 7) is 0.122. The molecule has 24 heavy (non-hydrogen) atoms.